The Morgan fingerprint density at radius 1 is 1.80 bits per heavy atom. The minimum Gasteiger partial charge on any atom is -0.366 e. The van der Waals surface area contributed by atoms with Gasteiger partial charge in [0.2, 0.25) is 0 Å². The molecule has 2 heterocycles. The van der Waals surface area contributed by atoms with Crippen LogP contribution in [0.25, 0.3) is 0 Å². The van der Waals surface area contributed by atoms with E-state index in [-0.39, 0.29) is 5.91 Å². The lowest BCUT2D eigenvalue weighted by atomic mass is 10.3. The average molecular weight is 210 g/mol. The molecule has 0 saturated carbocycles. The molecule has 1 amide bonds. The molecule has 2 rings (SSSR count). The summed E-state index contributed by atoms with van der Waals surface area (Å²) < 4.78 is 6.93. The standard InChI is InChI=1S/C9H14N4O2/c1-13-8(2-3-11-13)12-9(14)7-6-10-4-5-15-7/h2-3,7,10H,4-6H2,1H3,(H,12,14). The van der Waals surface area contributed by atoms with Crippen LogP contribution in [0.1, 0.15) is 0 Å². The van der Waals surface area contributed by atoms with Gasteiger partial charge < -0.3 is 15.4 Å². The third-order valence-electron chi connectivity index (χ3n) is 2.29. The Labute approximate surface area is 87.6 Å². The predicted molar refractivity (Wildman–Crippen MR) is 54.4 cm³/mol. The summed E-state index contributed by atoms with van der Waals surface area (Å²) in [6.07, 6.45) is 1.23. The molecule has 0 bridgehead atoms. The highest BCUT2D eigenvalue weighted by Gasteiger charge is 2.22. The second-order valence-electron chi connectivity index (χ2n) is 3.39. The zero-order chi connectivity index (χ0) is 10.7. The fourth-order valence-corrected chi connectivity index (χ4v) is 1.44. The Balaban J connectivity index is 1.94. The van der Waals surface area contributed by atoms with E-state index in [2.05, 4.69) is 15.7 Å². The minimum absolute atomic E-state index is 0.134. The maximum atomic E-state index is 11.7. The zero-order valence-corrected chi connectivity index (χ0v) is 8.56. The van der Waals surface area contributed by atoms with Crippen LogP contribution in [0.5, 0.6) is 0 Å². The SMILES string of the molecule is Cn1nccc1NC(=O)C1CNCCO1. The van der Waals surface area contributed by atoms with E-state index in [1.807, 2.05) is 0 Å². The van der Waals surface area contributed by atoms with Crippen molar-refractivity contribution in [2.75, 3.05) is 25.0 Å². The Morgan fingerprint density at radius 2 is 2.67 bits per heavy atom. The van der Waals surface area contributed by atoms with E-state index in [4.69, 9.17) is 4.74 Å². The largest absolute Gasteiger partial charge is 0.366 e. The van der Waals surface area contributed by atoms with Gasteiger partial charge in [0.15, 0.2) is 0 Å². The summed E-state index contributed by atoms with van der Waals surface area (Å²) in [5.74, 6) is 0.542. The van der Waals surface area contributed by atoms with Crippen LogP contribution in [0.3, 0.4) is 0 Å². The number of amides is 1. The zero-order valence-electron chi connectivity index (χ0n) is 8.56. The van der Waals surface area contributed by atoms with Crippen molar-refractivity contribution in [3.05, 3.63) is 12.3 Å². The Kier molecular flexibility index (Phi) is 2.98. The van der Waals surface area contributed by atoms with Gasteiger partial charge in [-0.1, -0.05) is 0 Å². The fraction of sp³-hybridized carbons (Fsp3) is 0.556. The minimum atomic E-state index is -0.409. The molecule has 6 heteroatoms. The van der Waals surface area contributed by atoms with Crippen LogP contribution in [0.2, 0.25) is 0 Å². The number of nitrogens with zero attached hydrogens (tertiary/aromatic N) is 2. The van der Waals surface area contributed by atoms with Gasteiger partial charge in [-0.05, 0) is 0 Å². The van der Waals surface area contributed by atoms with E-state index in [0.29, 0.717) is 19.0 Å². The number of aryl methyl sites for hydroxylation is 1. The van der Waals surface area contributed by atoms with Crippen LogP contribution in [0.4, 0.5) is 5.82 Å². The molecule has 1 aromatic rings. The van der Waals surface area contributed by atoms with Gasteiger partial charge in [0.1, 0.15) is 11.9 Å². The molecule has 1 aromatic heterocycles. The van der Waals surface area contributed by atoms with Crippen LogP contribution in [-0.2, 0) is 16.6 Å². The van der Waals surface area contributed by atoms with Crippen molar-refractivity contribution in [1.29, 1.82) is 0 Å². The van der Waals surface area contributed by atoms with Crippen molar-refractivity contribution in [2.45, 2.75) is 6.10 Å². The maximum Gasteiger partial charge on any atom is 0.255 e. The van der Waals surface area contributed by atoms with E-state index in [9.17, 15) is 4.79 Å². The molecule has 1 aliphatic rings. The monoisotopic (exact) mass is 210 g/mol. The van der Waals surface area contributed by atoms with Crippen molar-refractivity contribution >= 4 is 11.7 Å². The molecule has 1 aliphatic heterocycles. The summed E-state index contributed by atoms with van der Waals surface area (Å²) in [5.41, 5.74) is 0. The van der Waals surface area contributed by atoms with Gasteiger partial charge in [-0.25, -0.2) is 0 Å². The highest BCUT2D eigenvalue weighted by atomic mass is 16.5. The lowest BCUT2D eigenvalue weighted by molar-refractivity contribution is -0.128. The van der Waals surface area contributed by atoms with Crippen molar-refractivity contribution in [1.82, 2.24) is 15.1 Å². The first kappa shape index (κ1) is 10.1. The molecule has 6 nitrogen and oxygen atoms in total. The van der Waals surface area contributed by atoms with Gasteiger partial charge in [-0.15, -0.1) is 0 Å². The van der Waals surface area contributed by atoms with E-state index < -0.39 is 6.10 Å². The first-order chi connectivity index (χ1) is 7.27. The third-order valence-corrected chi connectivity index (χ3v) is 2.29. The van der Waals surface area contributed by atoms with Gasteiger partial charge in [-0.3, -0.25) is 9.48 Å². The predicted octanol–water partition coefficient (Wildman–Crippen LogP) is -0.653. The molecule has 82 valence electrons. The fourth-order valence-electron chi connectivity index (χ4n) is 1.44. The number of rotatable bonds is 2. The van der Waals surface area contributed by atoms with Gasteiger partial charge >= 0.3 is 0 Å². The molecule has 1 saturated heterocycles. The molecule has 0 radical (unpaired) electrons. The lowest BCUT2D eigenvalue weighted by Gasteiger charge is -2.22. The van der Waals surface area contributed by atoms with Crippen LogP contribution < -0.4 is 10.6 Å². The number of ether oxygens (including phenoxy) is 1. The molecule has 2 N–H and O–H groups in total. The summed E-state index contributed by atoms with van der Waals surface area (Å²) >= 11 is 0. The second-order valence-corrected chi connectivity index (χ2v) is 3.39. The first-order valence-corrected chi connectivity index (χ1v) is 4.88. The van der Waals surface area contributed by atoms with Gasteiger partial charge in [0.25, 0.3) is 5.91 Å². The Hall–Kier alpha value is -1.40. The molecule has 0 spiro atoms. The summed E-state index contributed by atoms with van der Waals surface area (Å²) in [4.78, 5) is 11.7. The number of hydrogen-bond donors (Lipinski definition) is 2. The highest BCUT2D eigenvalue weighted by molar-refractivity contribution is 5.93. The molecular formula is C9H14N4O2. The van der Waals surface area contributed by atoms with Crippen molar-refractivity contribution in [3.8, 4) is 0 Å². The van der Waals surface area contributed by atoms with E-state index >= 15 is 0 Å². The lowest BCUT2D eigenvalue weighted by Crippen LogP contribution is -2.45. The number of carbonyl (C=O) groups excluding carboxylic acids is 1. The smallest absolute Gasteiger partial charge is 0.255 e. The normalized spacial score (nSPS) is 21.3. The van der Waals surface area contributed by atoms with Gasteiger partial charge in [0, 0.05) is 26.2 Å². The Bertz CT molecular complexity index is 344. The molecule has 0 aliphatic carbocycles. The summed E-state index contributed by atoms with van der Waals surface area (Å²) in [6, 6.07) is 1.74. The number of anilines is 1. The van der Waals surface area contributed by atoms with Crippen molar-refractivity contribution in [3.63, 3.8) is 0 Å². The molecule has 1 unspecified atom stereocenters. The molecule has 1 atom stereocenters. The number of nitrogens with one attached hydrogen (secondary N) is 2. The van der Waals surface area contributed by atoms with Crippen LogP contribution in [-0.4, -0.2) is 41.5 Å². The second kappa shape index (κ2) is 4.41. The molecule has 1 fully saturated rings. The van der Waals surface area contributed by atoms with Crippen molar-refractivity contribution in [2.24, 2.45) is 7.05 Å². The van der Waals surface area contributed by atoms with Gasteiger partial charge in [0.05, 0.1) is 12.8 Å². The van der Waals surface area contributed by atoms with E-state index in [0.717, 1.165) is 6.54 Å². The van der Waals surface area contributed by atoms with Crippen molar-refractivity contribution < 1.29 is 9.53 Å². The summed E-state index contributed by atoms with van der Waals surface area (Å²) in [6.45, 7) is 1.93. The van der Waals surface area contributed by atoms with E-state index in [1.165, 1.54) is 0 Å². The topological polar surface area (TPSA) is 68.2 Å². The molecule has 0 aromatic carbocycles. The highest BCUT2D eigenvalue weighted by Crippen LogP contribution is 2.06. The summed E-state index contributed by atoms with van der Waals surface area (Å²) in [7, 11) is 1.77. The maximum absolute atomic E-state index is 11.7. The van der Waals surface area contributed by atoms with Crippen LogP contribution in [0.15, 0.2) is 12.3 Å². The average Bonchev–Trinajstić information content (AvgIpc) is 2.66. The van der Waals surface area contributed by atoms with Gasteiger partial charge in [-0.2, -0.15) is 5.10 Å². The number of aromatic nitrogens is 2. The van der Waals surface area contributed by atoms with Crippen LogP contribution in [0, 0.1) is 0 Å². The molecular weight excluding hydrogens is 196 g/mol. The third kappa shape index (κ3) is 2.34. The quantitative estimate of drug-likeness (QED) is 0.680. The Morgan fingerprint density at radius 3 is 3.27 bits per heavy atom. The number of carbonyl (C=O) groups is 1. The first-order valence-electron chi connectivity index (χ1n) is 4.88. The summed E-state index contributed by atoms with van der Waals surface area (Å²) in [5, 5.41) is 9.82. The van der Waals surface area contributed by atoms with E-state index in [1.54, 1.807) is 24.0 Å². The van der Waals surface area contributed by atoms with Crippen LogP contribution >= 0.6 is 0 Å². The number of hydrogen-bond acceptors (Lipinski definition) is 4. The number of morpholine rings is 1. The molecule has 15 heavy (non-hydrogen) atoms.